The molecule has 1 heterocycles. The first kappa shape index (κ1) is 14.5. The summed E-state index contributed by atoms with van der Waals surface area (Å²) in [4.78, 5) is 16.3. The summed E-state index contributed by atoms with van der Waals surface area (Å²) >= 11 is 0. The van der Waals surface area contributed by atoms with Gasteiger partial charge in [0.05, 0.1) is 0 Å². The summed E-state index contributed by atoms with van der Waals surface area (Å²) in [5.41, 5.74) is 5.68. The molecule has 1 rings (SSSR count). The molecule has 17 heavy (non-hydrogen) atoms. The lowest BCUT2D eigenvalue weighted by Gasteiger charge is -2.37. The zero-order chi connectivity index (χ0) is 12.8. The molecule has 0 saturated carbocycles. The molecule has 0 aromatic carbocycles. The number of piperazine rings is 1. The van der Waals surface area contributed by atoms with Crippen molar-refractivity contribution in [3.05, 3.63) is 0 Å². The second-order valence-corrected chi connectivity index (χ2v) is 5.38. The van der Waals surface area contributed by atoms with Crippen molar-refractivity contribution in [1.82, 2.24) is 9.80 Å². The van der Waals surface area contributed by atoms with Crippen LogP contribution in [0.3, 0.4) is 0 Å². The molecule has 0 radical (unpaired) electrons. The van der Waals surface area contributed by atoms with E-state index in [0.717, 1.165) is 39.0 Å². The Bertz CT molecular complexity index is 233. The summed E-state index contributed by atoms with van der Waals surface area (Å²) in [6, 6.07) is 0.797. The van der Waals surface area contributed by atoms with E-state index >= 15 is 0 Å². The zero-order valence-electron chi connectivity index (χ0n) is 11.5. The van der Waals surface area contributed by atoms with Gasteiger partial charge in [-0.25, -0.2) is 0 Å². The lowest BCUT2D eigenvalue weighted by Crippen LogP contribution is -2.50. The fourth-order valence-corrected chi connectivity index (χ4v) is 2.22. The second kappa shape index (κ2) is 6.97. The SMILES string of the molecule is CC(N)CCCC(=O)N1CCN(C(C)C)CC1. The van der Waals surface area contributed by atoms with E-state index in [1.807, 2.05) is 11.8 Å². The van der Waals surface area contributed by atoms with Gasteiger partial charge in [-0.2, -0.15) is 0 Å². The first-order chi connectivity index (χ1) is 8.00. The second-order valence-electron chi connectivity index (χ2n) is 5.38. The summed E-state index contributed by atoms with van der Waals surface area (Å²) in [5.74, 6) is 0.300. The van der Waals surface area contributed by atoms with Gasteiger partial charge in [0.15, 0.2) is 0 Å². The van der Waals surface area contributed by atoms with Crippen molar-refractivity contribution >= 4 is 5.91 Å². The molecule has 0 bridgehead atoms. The number of carbonyl (C=O) groups excluding carboxylic acids is 1. The Hall–Kier alpha value is -0.610. The van der Waals surface area contributed by atoms with Crippen molar-refractivity contribution < 1.29 is 4.79 Å². The summed E-state index contributed by atoms with van der Waals surface area (Å²) in [5, 5.41) is 0. The van der Waals surface area contributed by atoms with Crippen LogP contribution in [-0.4, -0.2) is 54.0 Å². The summed E-state index contributed by atoms with van der Waals surface area (Å²) in [7, 11) is 0. The van der Waals surface area contributed by atoms with Crippen LogP contribution in [0.1, 0.15) is 40.0 Å². The third-order valence-electron chi connectivity index (χ3n) is 3.45. The van der Waals surface area contributed by atoms with Crippen LogP contribution in [0.15, 0.2) is 0 Å². The van der Waals surface area contributed by atoms with E-state index in [9.17, 15) is 4.79 Å². The van der Waals surface area contributed by atoms with Crippen molar-refractivity contribution in [2.45, 2.75) is 52.1 Å². The molecule has 4 nitrogen and oxygen atoms in total. The van der Waals surface area contributed by atoms with Gasteiger partial charge in [0.25, 0.3) is 0 Å². The molecule has 0 spiro atoms. The van der Waals surface area contributed by atoms with Gasteiger partial charge in [-0.15, -0.1) is 0 Å². The molecule has 0 aromatic rings. The Morgan fingerprint density at radius 3 is 2.24 bits per heavy atom. The Balaban J connectivity index is 2.21. The Labute approximate surface area is 105 Å². The van der Waals surface area contributed by atoms with E-state index < -0.39 is 0 Å². The summed E-state index contributed by atoms with van der Waals surface area (Å²) in [6.45, 7) is 10.2. The minimum absolute atomic E-state index is 0.209. The number of rotatable bonds is 5. The number of hydrogen-bond acceptors (Lipinski definition) is 3. The minimum atomic E-state index is 0.209. The van der Waals surface area contributed by atoms with Crippen LogP contribution in [0, 0.1) is 0 Å². The molecule has 1 saturated heterocycles. The average molecular weight is 241 g/mol. The molecule has 0 aromatic heterocycles. The molecule has 2 N–H and O–H groups in total. The highest BCUT2D eigenvalue weighted by atomic mass is 16.2. The van der Waals surface area contributed by atoms with Crippen LogP contribution in [0.25, 0.3) is 0 Å². The quantitative estimate of drug-likeness (QED) is 0.783. The van der Waals surface area contributed by atoms with Gasteiger partial charge in [0.1, 0.15) is 0 Å². The normalized spacial score (nSPS) is 19.7. The zero-order valence-corrected chi connectivity index (χ0v) is 11.5. The molecule has 4 heteroatoms. The fourth-order valence-electron chi connectivity index (χ4n) is 2.22. The van der Waals surface area contributed by atoms with Crippen molar-refractivity contribution in [3.63, 3.8) is 0 Å². The molecule has 1 aliphatic rings. The predicted molar refractivity (Wildman–Crippen MR) is 70.8 cm³/mol. The fraction of sp³-hybridized carbons (Fsp3) is 0.923. The maximum absolute atomic E-state index is 11.9. The highest BCUT2D eigenvalue weighted by Crippen LogP contribution is 2.09. The van der Waals surface area contributed by atoms with E-state index in [-0.39, 0.29) is 6.04 Å². The molecule has 1 aliphatic heterocycles. The lowest BCUT2D eigenvalue weighted by molar-refractivity contribution is -0.133. The van der Waals surface area contributed by atoms with E-state index in [0.29, 0.717) is 18.4 Å². The molecule has 100 valence electrons. The Morgan fingerprint density at radius 1 is 1.18 bits per heavy atom. The standard InChI is InChI=1S/C13H27N3O/c1-11(2)15-7-9-16(10-8-15)13(17)6-4-5-12(3)14/h11-12H,4-10,14H2,1-3H3. The average Bonchev–Trinajstić information content (AvgIpc) is 2.28. The number of carbonyl (C=O) groups is 1. The van der Waals surface area contributed by atoms with Gasteiger partial charge in [-0.05, 0) is 33.6 Å². The minimum Gasteiger partial charge on any atom is -0.340 e. The molecule has 1 atom stereocenters. The molecular weight excluding hydrogens is 214 g/mol. The topological polar surface area (TPSA) is 49.6 Å². The first-order valence-corrected chi connectivity index (χ1v) is 6.78. The van der Waals surface area contributed by atoms with Crippen LogP contribution in [0.4, 0.5) is 0 Å². The van der Waals surface area contributed by atoms with Crippen LogP contribution >= 0.6 is 0 Å². The van der Waals surface area contributed by atoms with Gasteiger partial charge < -0.3 is 10.6 Å². The number of amides is 1. The monoisotopic (exact) mass is 241 g/mol. The van der Waals surface area contributed by atoms with Crippen LogP contribution in [0.5, 0.6) is 0 Å². The van der Waals surface area contributed by atoms with Crippen LogP contribution in [0.2, 0.25) is 0 Å². The van der Waals surface area contributed by atoms with Crippen molar-refractivity contribution in [1.29, 1.82) is 0 Å². The highest BCUT2D eigenvalue weighted by Gasteiger charge is 2.21. The Morgan fingerprint density at radius 2 is 1.76 bits per heavy atom. The van der Waals surface area contributed by atoms with Crippen molar-refractivity contribution in [3.8, 4) is 0 Å². The third kappa shape index (κ3) is 5.04. The predicted octanol–water partition coefficient (Wildman–Crippen LogP) is 1.06. The number of nitrogens with two attached hydrogens (primary N) is 1. The van der Waals surface area contributed by atoms with Gasteiger partial charge in [-0.3, -0.25) is 9.69 Å². The number of hydrogen-bond donors (Lipinski definition) is 1. The van der Waals surface area contributed by atoms with Crippen molar-refractivity contribution in [2.75, 3.05) is 26.2 Å². The smallest absolute Gasteiger partial charge is 0.222 e. The van der Waals surface area contributed by atoms with E-state index in [2.05, 4.69) is 18.7 Å². The molecule has 1 unspecified atom stereocenters. The molecule has 1 fully saturated rings. The molecule has 1 amide bonds. The Kier molecular flexibility index (Phi) is 5.92. The van der Waals surface area contributed by atoms with E-state index in [1.54, 1.807) is 0 Å². The largest absolute Gasteiger partial charge is 0.340 e. The summed E-state index contributed by atoms with van der Waals surface area (Å²) < 4.78 is 0. The highest BCUT2D eigenvalue weighted by molar-refractivity contribution is 5.76. The van der Waals surface area contributed by atoms with E-state index in [4.69, 9.17) is 5.73 Å². The van der Waals surface area contributed by atoms with Gasteiger partial charge in [0.2, 0.25) is 5.91 Å². The first-order valence-electron chi connectivity index (χ1n) is 6.78. The lowest BCUT2D eigenvalue weighted by atomic mass is 10.1. The summed E-state index contributed by atoms with van der Waals surface area (Å²) in [6.07, 6.45) is 2.52. The van der Waals surface area contributed by atoms with Gasteiger partial charge in [-0.1, -0.05) is 0 Å². The maximum atomic E-state index is 11.9. The van der Waals surface area contributed by atoms with Crippen LogP contribution < -0.4 is 5.73 Å². The molecule has 0 aliphatic carbocycles. The van der Waals surface area contributed by atoms with Crippen molar-refractivity contribution in [2.24, 2.45) is 5.73 Å². The van der Waals surface area contributed by atoms with E-state index in [1.165, 1.54) is 0 Å². The van der Waals surface area contributed by atoms with Gasteiger partial charge in [0, 0.05) is 44.7 Å². The maximum Gasteiger partial charge on any atom is 0.222 e. The van der Waals surface area contributed by atoms with Gasteiger partial charge >= 0.3 is 0 Å². The molecular formula is C13H27N3O. The third-order valence-corrected chi connectivity index (χ3v) is 3.45. The van der Waals surface area contributed by atoms with Crippen LogP contribution in [-0.2, 0) is 4.79 Å². The number of nitrogens with zero attached hydrogens (tertiary/aromatic N) is 2.